The lowest BCUT2D eigenvalue weighted by molar-refractivity contribution is -0.163. The van der Waals surface area contributed by atoms with E-state index in [1.807, 2.05) is 6.92 Å². The van der Waals surface area contributed by atoms with Gasteiger partial charge in [0.25, 0.3) is 0 Å². The molecule has 2 heteroatoms. The van der Waals surface area contributed by atoms with Crippen molar-refractivity contribution >= 4 is 5.97 Å². The van der Waals surface area contributed by atoms with Crippen molar-refractivity contribution in [2.24, 2.45) is 28.1 Å². The molecule has 5 atom stereocenters. The Balaban J connectivity index is 1.98. The number of hydrogen-bond donors (Lipinski definition) is 1. The Labute approximate surface area is 134 Å². The standard InChI is InChI=1S/C20H30O2/c1-5-18(2)12-9-15-14(13-18)7-8-16-19(15,3)10-6-11-20(16,4)17(21)22/h5,7,15-16H,1,6,8-13H2,2-4H3,(H,21,22)/t15-,16+,18-,19+,20-/m0/s1. The molecule has 22 heavy (non-hydrogen) atoms. The largest absolute Gasteiger partial charge is 0.481 e. The number of allylic oxidation sites excluding steroid dienone is 3. The molecular formula is C20H30O2. The van der Waals surface area contributed by atoms with Crippen molar-refractivity contribution in [3.63, 3.8) is 0 Å². The number of rotatable bonds is 2. The first-order valence-electron chi connectivity index (χ1n) is 8.81. The SMILES string of the molecule is C=C[C@@]1(C)CC[C@H]2C(=CC[C@@H]3[C@]2(C)CCC[C@]3(C)C(=O)O)C1. The molecule has 0 radical (unpaired) electrons. The van der Waals surface area contributed by atoms with Gasteiger partial charge in [-0.25, -0.2) is 0 Å². The van der Waals surface area contributed by atoms with Crippen molar-refractivity contribution in [3.8, 4) is 0 Å². The third-order valence-electron chi connectivity index (χ3n) is 7.43. The van der Waals surface area contributed by atoms with Crippen LogP contribution >= 0.6 is 0 Å². The Kier molecular flexibility index (Phi) is 3.58. The Morgan fingerprint density at radius 1 is 1.32 bits per heavy atom. The third-order valence-corrected chi connectivity index (χ3v) is 7.43. The van der Waals surface area contributed by atoms with Gasteiger partial charge in [-0.3, -0.25) is 4.79 Å². The molecule has 0 bridgehead atoms. The Morgan fingerprint density at radius 2 is 2.05 bits per heavy atom. The predicted molar refractivity (Wildman–Crippen MR) is 89.5 cm³/mol. The van der Waals surface area contributed by atoms with Crippen molar-refractivity contribution in [1.82, 2.24) is 0 Å². The fourth-order valence-electron chi connectivity index (χ4n) is 5.86. The van der Waals surface area contributed by atoms with E-state index in [1.54, 1.807) is 5.57 Å². The normalized spacial score (nSPS) is 47.9. The molecule has 0 spiro atoms. The molecule has 0 saturated heterocycles. The van der Waals surface area contributed by atoms with Crippen LogP contribution < -0.4 is 0 Å². The molecule has 2 nitrogen and oxygen atoms in total. The maximum absolute atomic E-state index is 11.9. The van der Waals surface area contributed by atoms with Gasteiger partial charge < -0.3 is 5.11 Å². The summed E-state index contributed by atoms with van der Waals surface area (Å²) < 4.78 is 0. The first-order valence-corrected chi connectivity index (χ1v) is 8.81. The third kappa shape index (κ3) is 2.10. The molecule has 0 heterocycles. The summed E-state index contributed by atoms with van der Waals surface area (Å²) in [5.74, 6) is 0.276. The highest BCUT2D eigenvalue weighted by atomic mass is 16.4. The Hall–Kier alpha value is -1.05. The zero-order valence-corrected chi connectivity index (χ0v) is 14.3. The predicted octanol–water partition coefficient (Wildman–Crippen LogP) is 5.21. The number of carbonyl (C=O) groups is 1. The zero-order valence-electron chi connectivity index (χ0n) is 14.3. The maximum Gasteiger partial charge on any atom is 0.309 e. The van der Waals surface area contributed by atoms with E-state index in [2.05, 4.69) is 32.6 Å². The minimum atomic E-state index is -0.591. The Morgan fingerprint density at radius 3 is 2.68 bits per heavy atom. The molecule has 3 rings (SSSR count). The average molecular weight is 302 g/mol. The monoisotopic (exact) mass is 302 g/mol. The molecule has 0 aromatic rings. The van der Waals surface area contributed by atoms with E-state index in [4.69, 9.17) is 0 Å². The first-order chi connectivity index (χ1) is 10.3. The second-order valence-electron chi connectivity index (χ2n) is 8.78. The summed E-state index contributed by atoms with van der Waals surface area (Å²) in [5, 5.41) is 9.83. The van der Waals surface area contributed by atoms with Crippen molar-refractivity contribution < 1.29 is 9.90 Å². The van der Waals surface area contributed by atoms with Crippen LogP contribution in [0.1, 0.15) is 65.7 Å². The molecule has 2 saturated carbocycles. The van der Waals surface area contributed by atoms with Crippen molar-refractivity contribution in [2.45, 2.75) is 65.7 Å². The van der Waals surface area contributed by atoms with Crippen molar-refractivity contribution in [1.29, 1.82) is 0 Å². The molecule has 0 aromatic heterocycles. The fraction of sp³-hybridized carbons (Fsp3) is 0.750. The van der Waals surface area contributed by atoms with Gasteiger partial charge in [0.05, 0.1) is 5.41 Å². The van der Waals surface area contributed by atoms with Gasteiger partial charge in [-0.15, -0.1) is 6.58 Å². The van der Waals surface area contributed by atoms with Crippen LogP contribution in [-0.4, -0.2) is 11.1 Å². The number of carboxylic acids is 1. The van der Waals surface area contributed by atoms with E-state index in [0.29, 0.717) is 5.92 Å². The summed E-state index contributed by atoms with van der Waals surface area (Å²) in [5.41, 5.74) is 1.43. The van der Waals surface area contributed by atoms with Gasteiger partial charge in [-0.05, 0) is 68.1 Å². The van der Waals surface area contributed by atoms with Crippen LogP contribution in [0.3, 0.4) is 0 Å². The smallest absolute Gasteiger partial charge is 0.309 e. The second kappa shape index (κ2) is 4.97. The van der Waals surface area contributed by atoms with E-state index >= 15 is 0 Å². The summed E-state index contributed by atoms with van der Waals surface area (Å²) in [7, 11) is 0. The summed E-state index contributed by atoms with van der Waals surface area (Å²) in [6, 6.07) is 0. The summed E-state index contributed by atoms with van der Waals surface area (Å²) in [6.45, 7) is 10.7. The van der Waals surface area contributed by atoms with Crippen LogP contribution in [-0.2, 0) is 4.79 Å². The highest BCUT2D eigenvalue weighted by Gasteiger charge is 2.58. The number of fused-ring (bicyclic) bond motifs is 3. The van der Waals surface area contributed by atoms with Gasteiger partial charge in [-0.1, -0.05) is 38.0 Å². The molecule has 2 fully saturated rings. The molecule has 0 aromatic carbocycles. The zero-order chi connectivity index (χ0) is 16.2. The van der Waals surface area contributed by atoms with Crippen molar-refractivity contribution in [2.75, 3.05) is 0 Å². The lowest BCUT2D eigenvalue weighted by Gasteiger charge is -2.58. The summed E-state index contributed by atoms with van der Waals surface area (Å²) in [4.78, 5) is 11.9. The van der Waals surface area contributed by atoms with Gasteiger partial charge >= 0.3 is 5.97 Å². The van der Waals surface area contributed by atoms with Gasteiger partial charge in [0.2, 0.25) is 0 Å². The lowest BCUT2D eigenvalue weighted by atomic mass is 9.45. The van der Waals surface area contributed by atoms with Crippen LogP contribution in [0, 0.1) is 28.1 Å². The summed E-state index contributed by atoms with van der Waals surface area (Å²) in [6.07, 6.45) is 12.0. The van der Waals surface area contributed by atoms with Gasteiger partial charge in [-0.2, -0.15) is 0 Å². The van der Waals surface area contributed by atoms with E-state index in [-0.39, 0.29) is 16.7 Å². The number of hydrogen-bond acceptors (Lipinski definition) is 1. The number of aliphatic carboxylic acids is 1. The average Bonchev–Trinajstić information content (AvgIpc) is 2.46. The fourth-order valence-corrected chi connectivity index (χ4v) is 5.86. The molecule has 3 aliphatic carbocycles. The summed E-state index contributed by atoms with van der Waals surface area (Å²) >= 11 is 0. The van der Waals surface area contributed by atoms with Gasteiger partial charge in [0.15, 0.2) is 0 Å². The highest BCUT2D eigenvalue weighted by Crippen LogP contribution is 2.63. The van der Waals surface area contributed by atoms with E-state index < -0.39 is 11.4 Å². The minimum absolute atomic E-state index is 0.165. The molecule has 0 aliphatic heterocycles. The van der Waals surface area contributed by atoms with E-state index in [9.17, 15) is 9.90 Å². The number of carboxylic acid groups (broad SMARTS) is 1. The van der Waals surface area contributed by atoms with Crippen LogP contribution in [0.4, 0.5) is 0 Å². The van der Waals surface area contributed by atoms with Crippen LogP contribution in [0.25, 0.3) is 0 Å². The lowest BCUT2D eigenvalue weighted by Crippen LogP contribution is -2.53. The molecule has 122 valence electrons. The molecular weight excluding hydrogens is 272 g/mol. The quantitative estimate of drug-likeness (QED) is 0.711. The molecule has 3 aliphatic rings. The topological polar surface area (TPSA) is 37.3 Å². The van der Waals surface area contributed by atoms with Crippen LogP contribution in [0.15, 0.2) is 24.3 Å². The van der Waals surface area contributed by atoms with E-state index in [1.165, 1.54) is 19.3 Å². The van der Waals surface area contributed by atoms with Crippen LogP contribution in [0.2, 0.25) is 0 Å². The molecule has 0 amide bonds. The molecule has 1 N–H and O–H groups in total. The van der Waals surface area contributed by atoms with Gasteiger partial charge in [0.1, 0.15) is 0 Å². The minimum Gasteiger partial charge on any atom is -0.481 e. The van der Waals surface area contributed by atoms with Crippen LogP contribution in [0.5, 0.6) is 0 Å². The maximum atomic E-state index is 11.9. The first kappa shape index (κ1) is 15.8. The molecule has 0 unspecified atom stereocenters. The second-order valence-corrected chi connectivity index (χ2v) is 8.78. The van der Waals surface area contributed by atoms with Gasteiger partial charge in [0, 0.05) is 0 Å². The van der Waals surface area contributed by atoms with Crippen molar-refractivity contribution in [3.05, 3.63) is 24.3 Å². The Bertz CT molecular complexity index is 534. The highest BCUT2D eigenvalue weighted by molar-refractivity contribution is 5.75. The van der Waals surface area contributed by atoms with E-state index in [0.717, 1.165) is 25.7 Å².